The van der Waals surface area contributed by atoms with Crippen molar-refractivity contribution in [2.24, 2.45) is 5.92 Å². The van der Waals surface area contributed by atoms with Crippen molar-refractivity contribution < 1.29 is 14.4 Å². The van der Waals surface area contributed by atoms with Crippen LogP contribution in [0.5, 0.6) is 0 Å². The average Bonchev–Trinajstić information content (AvgIpc) is 2.25. The third-order valence-corrected chi connectivity index (χ3v) is 3.02. The summed E-state index contributed by atoms with van der Waals surface area (Å²) in [5, 5.41) is 2.15. The number of amides is 4. The normalized spacial score (nSPS) is 16.4. The van der Waals surface area contributed by atoms with Gasteiger partial charge in [-0.25, -0.2) is 4.79 Å². The number of carbonyl (C=O) groups excluding carboxylic acids is 3. The van der Waals surface area contributed by atoms with Crippen molar-refractivity contribution in [1.29, 1.82) is 0 Å². The zero-order chi connectivity index (χ0) is 13.5. The van der Waals surface area contributed by atoms with E-state index < -0.39 is 11.9 Å². The number of imide groups is 2. The third kappa shape index (κ3) is 4.85. The number of hydrogen-bond acceptors (Lipinski definition) is 3. The molecule has 0 aromatic rings. The van der Waals surface area contributed by atoms with Gasteiger partial charge in [0, 0.05) is 6.54 Å². The number of urea groups is 1. The van der Waals surface area contributed by atoms with Crippen molar-refractivity contribution in [2.75, 3.05) is 6.54 Å². The van der Waals surface area contributed by atoms with E-state index in [1.165, 1.54) is 12.8 Å². The first-order chi connectivity index (χ1) is 8.50. The molecule has 1 rings (SSSR count). The lowest BCUT2D eigenvalue weighted by molar-refractivity contribution is -0.136. The summed E-state index contributed by atoms with van der Waals surface area (Å²) in [6, 6.07) is -0.571. The van der Waals surface area contributed by atoms with Gasteiger partial charge in [0.25, 0.3) is 0 Å². The second-order valence-corrected chi connectivity index (χ2v) is 5.17. The Bertz CT molecular complexity index is 306. The van der Waals surface area contributed by atoms with E-state index in [2.05, 4.69) is 19.2 Å². The Balaban J connectivity index is 2.17. The highest BCUT2D eigenvalue weighted by molar-refractivity contribution is 6.14. The van der Waals surface area contributed by atoms with E-state index in [1.54, 1.807) is 0 Å². The maximum absolute atomic E-state index is 11.5. The highest BCUT2D eigenvalue weighted by Crippen LogP contribution is 2.11. The summed E-state index contributed by atoms with van der Waals surface area (Å²) in [5.41, 5.74) is 0. The average molecular weight is 254 g/mol. The first-order valence-corrected chi connectivity index (χ1v) is 6.65. The topological polar surface area (TPSA) is 66.5 Å². The summed E-state index contributed by atoms with van der Waals surface area (Å²) in [4.78, 5) is 34.9. The van der Waals surface area contributed by atoms with Gasteiger partial charge in [0.1, 0.15) is 6.42 Å². The lowest BCUT2D eigenvalue weighted by Gasteiger charge is -2.24. The van der Waals surface area contributed by atoms with E-state index in [9.17, 15) is 14.4 Å². The molecule has 0 radical (unpaired) electrons. The zero-order valence-electron chi connectivity index (χ0n) is 11.2. The van der Waals surface area contributed by atoms with Crippen LogP contribution in [0.2, 0.25) is 0 Å². The van der Waals surface area contributed by atoms with Crippen molar-refractivity contribution in [3.05, 3.63) is 0 Å². The Labute approximate surface area is 108 Å². The quantitative estimate of drug-likeness (QED) is 0.558. The molecule has 0 bridgehead atoms. The summed E-state index contributed by atoms with van der Waals surface area (Å²) in [6.07, 6.45) is 5.15. The molecule has 18 heavy (non-hydrogen) atoms. The highest BCUT2D eigenvalue weighted by Gasteiger charge is 2.29. The second-order valence-electron chi connectivity index (χ2n) is 5.17. The summed E-state index contributed by atoms with van der Waals surface area (Å²) < 4.78 is 0. The Morgan fingerprint density at radius 2 is 1.78 bits per heavy atom. The van der Waals surface area contributed by atoms with Crippen molar-refractivity contribution in [1.82, 2.24) is 10.2 Å². The summed E-state index contributed by atoms with van der Waals surface area (Å²) in [6.45, 7) is 4.82. The van der Waals surface area contributed by atoms with Crippen LogP contribution in [0.1, 0.15) is 52.4 Å². The minimum atomic E-state index is -0.571. The van der Waals surface area contributed by atoms with Crippen molar-refractivity contribution >= 4 is 17.8 Å². The van der Waals surface area contributed by atoms with Crippen LogP contribution in [0, 0.1) is 5.92 Å². The molecule has 5 heteroatoms. The fourth-order valence-corrected chi connectivity index (χ4v) is 1.98. The summed E-state index contributed by atoms with van der Waals surface area (Å²) in [5.74, 6) is -0.158. The van der Waals surface area contributed by atoms with E-state index in [0.29, 0.717) is 6.54 Å². The first kappa shape index (κ1) is 14.7. The van der Waals surface area contributed by atoms with Gasteiger partial charge in [-0.05, 0) is 12.3 Å². The van der Waals surface area contributed by atoms with Gasteiger partial charge in [0.05, 0.1) is 0 Å². The Morgan fingerprint density at radius 1 is 1.11 bits per heavy atom. The smallest absolute Gasteiger partial charge is 0.277 e. The van der Waals surface area contributed by atoms with Gasteiger partial charge in [-0.15, -0.1) is 0 Å². The Hall–Kier alpha value is -1.39. The van der Waals surface area contributed by atoms with Crippen LogP contribution in [-0.4, -0.2) is 29.3 Å². The van der Waals surface area contributed by atoms with Gasteiger partial charge in [0.2, 0.25) is 11.8 Å². The molecule has 0 saturated carbocycles. The zero-order valence-corrected chi connectivity index (χ0v) is 11.2. The van der Waals surface area contributed by atoms with Gasteiger partial charge in [-0.2, -0.15) is 0 Å². The molecule has 1 fully saturated rings. The molecule has 4 amide bonds. The maximum Gasteiger partial charge on any atom is 0.330 e. The Morgan fingerprint density at radius 3 is 2.39 bits per heavy atom. The van der Waals surface area contributed by atoms with Crippen LogP contribution >= 0.6 is 0 Å². The number of nitrogens with zero attached hydrogens (tertiary/aromatic N) is 1. The minimum Gasteiger partial charge on any atom is -0.277 e. The monoisotopic (exact) mass is 254 g/mol. The van der Waals surface area contributed by atoms with Crippen molar-refractivity contribution in [2.45, 2.75) is 52.4 Å². The van der Waals surface area contributed by atoms with E-state index >= 15 is 0 Å². The second kappa shape index (κ2) is 7.13. The number of carbonyl (C=O) groups is 3. The van der Waals surface area contributed by atoms with E-state index in [4.69, 9.17) is 0 Å². The van der Waals surface area contributed by atoms with Crippen LogP contribution in [0.25, 0.3) is 0 Å². The third-order valence-electron chi connectivity index (χ3n) is 3.02. The van der Waals surface area contributed by atoms with Gasteiger partial charge in [-0.1, -0.05) is 39.5 Å². The molecule has 102 valence electrons. The molecule has 1 aliphatic heterocycles. The molecule has 0 aromatic carbocycles. The van der Waals surface area contributed by atoms with Gasteiger partial charge >= 0.3 is 6.03 Å². The van der Waals surface area contributed by atoms with Crippen molar-refractivity contribution in [3.63, 3.8) is 0 Å². The van der Waals surface area contributed by atoms with Crippen molar-refractivity contribution in [3.8, 4) is 0 Å². The van der Waals surface area contributed by atoms with Gasteiger partial charge in [-0.3, -0.25) is 19.8 Å². The molecule has 0 aromatic heterocycles. The molecule has 0 aliphatic carbocycles. The van der Waals surface area contributed by atoms with Crippen LogP contribution in [-0.2, 0) is 9.59 Å². The van der Waals surface area contributed by atoms with Gasteiger partial charge in [0.15, 0.2) is 0 Å². The molecule has 0 unspecified atom stereocenters. The SMILES string of the molecule is CC(C)CCCCCCN1C(=O)CC(=O)NC1=O. The van der Waals surface area contributed by atoms with Crippen LogP contribution < -0.4 is 5.32 Å². The number of unbranched alkanes of at least 4 members (excludes halogenated alkanes) is 3. The molecule has 1 heterocycles. The predicted octanol–water partition coefficient (Wildman–Crippen LogP) is 2.06. The van der Waals surface area contributed by atoms with Crippen LogP contribution in [0.4, 0.5) is 4.79 Å². The molecule has 0 spiro atoms. The standard InChI is InChI=1S/C13H22N2O3/c1-10(2)7-5-3-4-6-8-15-12(17)9-11(16)14-13(15)18/h10H,3-9H2,1-2H3,(H,14,16,18). The molecule has 1 aliphatic rings. The number of hydrogen-bond donors (Lipinski definition) is 1. The molecule has 1 saturated heterocycles. The lowest BCUT2D eigenvalue weighted by atomic mass is 10.0. The van der Waals surface area contributed by atoms with E-state index in [0.717, 1.165) is 30.1 Å². The largest absolute Gasteiger partial charge is 0.330 e. The molecule has 5 nitrogen and oxygen atoms in total. The maximum atomic E-state index is 11.5. The number of rotatable bonds is 7. The van der Waals surface area contributed by atoms with Crippen LogP contribution in [0.15, 0.2) is 0 Å². The summed E-state index contributed by atoms with van der Waals surface area (Å²) >= 11 is 0. The highest BCUT2D eigenvalue weighted by atomic mass is 16.2. The fraction of sp³-hybridized carbons (Fsp3) is 0.769. The number of barbiturate groups is 1. The Kier molecular flexibility index (Phi) is 5.82. The summed E-state index contributed by atoms with van der Waals surface area (Å²) in [7, 11) is 0. The lowest BCUT2D eigenvalue weighted by Crippen LogP contribution is -2.52. The fourth-order valence-electron chi connectivity index (χ4n) is 1.98. The molecular formula is C13H22N2O3. The van der Waals surface area contributed by atoms with E-state index in [1.807, 2.05) is 0 Å². The predicted molar refractivity (Wildman–Crippen MR) is 67.8 cm³/mol. The van der Waals surface area contributed by atoms with E-state index in [-0.39, 0.29) is 12.3 Å². The van der Waals surface area contributed by atoms with Gasteiger partial charge < -0.3 is 0 Å². The minimum absolute atomic E-state index is 0.209. The molecule has 1 N–H and O–H groups in total. The molecular weight excluding hydrogens is 232 g/mol. The van der Waals surface area contributed by atoms with Crippen LogP contribution in [0.3, 0.4) is 0 Å². The molecule has 0 atom stereocenters. The number of nitrogens with one attached hydrogen (secondary N) is 1. The first-order valence-electron chi connectivity index (χ1n) is 6.65.